The molecule has 42 valence electrons. The molecule has 1 fully saturated rings. The average molecular weight is 102 g/mol. The Morgan fingerprint density at radius 2 is 2.43 bits per heavy atom. The van der Waals surface area contributed by atoms with Crippen molar-refractivity contribution in [2.75, 3.05) is 7.05 Å². The standard InChI is InChI=1S/C4H10N2O/c1-6-3(5)2-4(6)7/h3-4,7H,2,5H2,1H3. The lowest BCUT2D eigenvalue weighted by Gasteiger charge is -2.40. The van der Waals surface area contributed by atoms with Crippen LogP contribution >= 0.6 is 0 Å². The van der Waals surface area contributed by atoms with Crippen molar-refractivity contribution in [2.24, 2.45) is 5.73 Å². The van der Waals surface area contributed by atoms with Crippen molar-refractivity contribution in [1.82, 2.24) is 4.90 Å². The summed E-state index contributed by atoms with van der Waals surface area (Å²) >= 11 is 0. The quantitative estimate of drug-likeness (QED) is 0.409. The maximum Gasteiger partial charge on any atom is 0.111 e. The third kappa shape index (κ3) is 0.627. The van der Waals surface area contributed by atoms with Gasteiger partial charge >= 0.3 is 0 Å². The number of nitrogens with zero attached hydrogens (tertiary/aromatic N) is 1. The van der Waals surface area contributed by atoms with Gasteiger partial charge in [-0.2, -0.15) is 0 Å². The minimum absolute atomic E-state index is 0.0926. The number of aliphatic hydroxyl groups excluding tert-OH is 1. The Hall–Kier alpha value is -0.120. The molecular formula is C4H10N2O. The van der Waals surface area contributed by atoms with Crippen molar-refractivity contribution >= 4 is 0 Å². The van der Waals surface area contributed by atoms with Crippen LogP contribution in [0.15, 0.2) is 0 Å². The molecule has 1 aliphatic rings. The van der Waals surface area contributed by atoms with E-state index in [-0.39, 0.29) is 12.4 Å². The molecule has 7 heavy (non-hydrogen) atoms. The van der Waals surface area contributed by atoms with Gasteiger partial charge < -0.3 is 10.8 Å². The summed E-state index contributed by atoms with van der Waals surface area (Å²) in [4.78, 5) is 1.72. The first-order chi connectivity index (χ1) is 3.22. The van der Waals surface area contributed by atoms with E-state index in [1.165, 1.54) is 0 Å². The number of aliphatic hydroxyl groups is 1. The number of rotatable bonds is 0. The molecule has 0 aliphatic carbocycles. The van der Waals surface area contributed by atoms with Crippen LogP contribution in [-0.2, 0) is 0 Å². The first kappa shape index (κ1) is 5.03. The molecule has 1 heterocycles. The van der Waals surface area contributed by atoms with E-state index in [9.17, 15) is 0 Å². The zero-order chi connectivity index (χ0) is 5.44. The van der Waals surface area contributed by atoms with Crippen molar-refractivity contribution in [3.05, 3.63) is 0 Å². The van der Waals surface area contributed by atoms with Gasteiger partial charge in [-0.05, 0) is 7.05 Å². The van der Waals surface area contributed by atoms with E-state index in [0.29, 0.717) is 0 Å². The van der Waals surface area contributed by atoms with Crippen molar-refractivity contribution in [2.45, 2.75) is 18.8 Å². The Morgan fingerprint density at radius 1 is 1.86 bits per heavy atom. The van der Waals surface area contributed by atoms with Gasteiger partial charge in [0, 0.05) is 6.42 Å². The first-order valence-electron chi connectivity index (χ1n) is 2.37. The fourth-order valence-corrected chi connectivity index (χ4v) is 0.632. The van der Waals surface area contributed by atoms with Crippen LogP contribution < -0.4 is 5.73 Å². The van der Waals surface area contributed by atoms with Gasteiger partial charge in [0.1, 0.15) is 6.23 Å². The lowest BCUT2D eigenvalue weighted by atomic mass is 10.1. The second-order valence-electron chi connectivity index (χ2n) is 1.95. The molecule has 0 saturated carbocycles. The monoisotopic (exact) mass is 102 g/mol. The summed E-state index contributed by atoms with van der Waals surface area (Å²) in [7, 11) is 1.80. The minimum atomic E-state index is -0.282. The van der Waals surface area contributed by atoms with Gasteiger partial charge in [-0.1, -0.05) is 0 Å². The van der Waals surface area contributed by atoms with Crippen LogP contribution in [0.4, 0.5) is 0 Å². The van der Waals surface area contributed by atoms with Crippen molar-refractivity contribution in [3.63, 3.8) is 0 Å². The molecule has 0 bridgehead atoms. The van der Waals surface area contributed by atoms with E-state index >= 15 is 0 Å². The van der Waals surface area contributed by atoms with Gasteiger partial charge in [0.05, 0.1) is 6.17 Å². The summed E-state index contributed by atoms with van der Waals surface area (Å²) in [6, 6.07) is 0. The number of nitrogens with two attached hydrogens (primary N) is 1. The highest BCUT2D eigenvalue weighted by atomic mass is 16.3. The Kier molecular flexibility index (Phi) is 1.03. The summed E-state index contributed by atoms with van der Waals surface area (Å²) in [5, 5.41) is 8.73. The highest BCUT2D eigenvalue weighted by molar-refractivity contribution is 4.77. The Bertz CT molecular complexity index is 68.1. The normalized spacial score (nSPS) is 43.3. The summed E-state index contributed by atoms with van der Waals surface area (Å²) < 4.78 is 0. The molecular weight excluding hydrogens is 92.1 g/mol. The van der Waals surface area contributed by atoms with Gasteiger partial charge in [-0.15, -0.1) is 0 Å². The van der Waals surface area contributed by atoms with Gasteiger partial charge in [-0.3, -0.25) is 4.90 Å². The Balaban J connectivity index is 2.29. The second kappa shape index (κ2) is 1.43. The van der Waals surface area contributed by atoms with Gasteiger partial charge in [-0.25, -0.2) is 0 Å². The zero-order valence-electron chi connectivity index (χ0n) is 4.33. The van der Waals surface area contributed by atoms with E-state index < -0.39 is 0 Å². The number of hydrogen-bond acceptors (Lipinski definition) is 3. The van der Waals surface area contributed by atoms with Crippen LogP contribution in [0.1, 0.15) is 6.42 Å². The van der Waals surface area contributed by atoms with Crippen LogP contribution in [0.2, 0.25) is 0 Å². The molecule has 2 unspecified atom stereocenters. The predicted molar refractivity (Wildman–Crippen MR) is 26.4 cm³/mol. The summed E-state index contributed by atoms with van der Waals surface area (Å²) in [5.74, 6) is 0. The van der Waals surface area contributed by atoms with E-state index in [1.54, 1.807) is 11.9 Å². The van der Waals surface area contributed by atoms with E-state index in [2.05, 4.69) is 0 Å². The van der Waals surface area contributed by atoms with E-state index in [1.807, 2.05) is 0 Å². The van der Waals surface area contributed by atoms with Crippen molar-refractivity contribution in [3.8, 4) is 0 Å². The zero-order valence-corrected chi connectivity index (χ0v) is 4.33. The minimum Gasteiger partial charge on any atom is -0.378 e. The number of hydrogen-bond donors (Lipinski definition) is 2. The van der Waals surface area contributed by atoms with Gasteiger partial charge in [0.25, 0.3) is 0 Å². The lowest BCUT2D eigenvalue weighted by molar-refractivity contribution is -0.0992. The third-order valence-corrected chi connectivity index (χ3v) is 1.45. The van der Waals surface area contributed by atoms with Gasteiger partial charge in [0.2, 0.25) is 0 Å². The molecule has 3 heteroatoms. The summed E-state index contributed by atoms with van der Waals surface area (Å²) in [6.07, 6.45) is 0.529. The fourth-order valence-electron chi connectivity index (χ4n) is 0.632. The molecule has 0 aromatic carbocycles. The molecule has 0 radical (unpaired) electrons. The lowest BCUT2D eigenvalue weighted by Crippen LogP contribution is -2.57. The second-order valence-corrected chi connectivity index (χ2v) is 1.95. The summed E-state index contributed by atoms with van der Waals surface area (Å²) in [5.41, 5.74) is 5.38. The third-order valence-electron chi connectivity index (χ3n) is 1.45. The molecule has 1 rings (SSSR count). The molecule has 0 amide bonds. The molecule has 0 aromatic rings. The topological polar surface area (TPSA) is 49.5 Å². The average Bonchev–Trinajstić information content (AvgIpc) is 1.68. The van der Waals surface area contributed by atoms with Crippen LogP contribution in [0.3, 0.4) is 0 Å². The SMILES string of the molecule is CN1C(N)CC1O. The van der Waals surface area contributed by atoms with Crippen LogP contribution in [0.5, 0.6) is 0 Å². The molecule has 1 aliphatic heterocycles. The maximum absolute atomic E-state index is 8.73. The fraction of sp³-hybridized carbons (Fsp3) is 1.00. The van der Waals surface area contributed by atoms with Crippen LogP contribution in [0.25, 0.3) is 0 Å². The van der Waals surface area contributed by atoms with Gasteiger partial charge in [0.15, 0.2) is 0 Å². The molecule has 3 N–H and O–H groups in total. The Labute approximate surface area is 42.7 Å². The number of likely N-dealkylation sites (tertiary alicyclic amines) is 1. The molecule has 0 spiro atoms. The van der Waals surface area contributed by atoms with Crippen molar-refractivity contribution in [1.29, 1.82) is 0 Å². The maximum atomic E-state index is 8.73. The molecule has 2 atom stereocenters. The van der Waals surface area contributed by atoms with Crippen molar-refractivity contribution < 1.29 is 5.11 Å². The predicted octanol–water partition coefficient (Wildman–Crippen LogP) is -1.07. The van der Waals surface area contributed by atoms with Crippen LogP contribution in [-0.4, -0.2) is 29.4 Å². The summed E-state index contributed by atoms with van der Waals surface area (Å²) in [6.45, 7) is 0. The van der Waals surface area contributed by atoms with Crippen LogP contribution in [0, 0.1) is 0 Å². The molecule has 3 nitrogen and oxygen atoms in total. The molecule has 0 aromatic heterocycles. The van der Waals surface area contributed by atoms with E-state index in [0.717, 1.165) is 6.42 Å². The molecule has 1 saturated heterocycles. The smallest absolute Gasteiger partial charge is 0.111 e. The van der Waals surface area contributed by atoms with E-state index in [4.69, 9.17) is 10.8 Å². The highest BCUT2D eigenvalue weighted by Gasteiger charge is 2.29. The largest absolute Gasteiger partial charge is 0.378 e. The first-order valence-corrected chi connectivity index (χ1v) is 2.37. The highest BCUT2D eigenvalue weighted by Crippen LogP contribution is 2.15. The Morgan fingerprint density at radius 3 is 2.43 bits per heavy atom.